The highest BCUT2D eigenvalue weighted by Crippen LogP contribution is 2.25. The predicted octanol–water partition coefficient (Wildman–Crippen LogP) is 2.75. The third-order valence-corrected chi connectivity index (χ3v) is 4.78. The van der Waals surface area contributed by atoms with Gasteiger partial charge in [0.1, 0.15) is 0 Å². The van der Waals surface area contributed by atoms with Crippen molar-refractivity contribution in [2.75, 3.05) is 18.0 Å². The molecule has 7 heteroatoms. The molecule has 0 spiro atoms. The molecule has 2 aromatic rings. The minimum Gasteiger partial charge on any atom is -0.481 e. The first-order valence-electron chi connectivity index (χ1n) is 8.60. The molecule has 0 bridgehead atoms. The lowest BCUT2D eigenvalue weighted by molar-refractivity contribution is -0.141. The Bertz CT molecular complexity index is 849. The first-order valence-corrected chi connectivity index (χ1v) is 8.97. The lowest BCUT2D eigenvalue weighted by Crippen LogP contribution is -2.27. The Morgan fingerprint density at radius 1 is 1.11 bits per heavy atom. The standard InChI is InChI=1S/C20H19ClN2O4/c21-16-5-1-13(2-6-16)9-10-22-19(25)14-3-7-17(8-4-14)23-12-15(20(26)27)11-18(23)24/h1-8,15H,9-12H2,(H,22,25)(H,26,27). The molecule has 0 aliphatic carbocycles. The quantitative estimate of drug-likeness (QED) is 0.799. The molecule has 1 unspecified atom stereocenters. The number of rotatable bonds is 6. The highest BCUT2D eigenvalue weighted by Gasteiger charge is 2.34. The van der Waals surface area contributed by atoms with Gasteiger partial charge in [-0.15, -0.1) is 0 Å². The van der Waals surface area contributed by atoms with E-state index >= 15 is 0 Å². The molecule has 1 aliphatic rings. The molecule has 1 saturated heterocycles. The molecule has 0 radical (unpaired) electrons. The summed E-state index contributed by atoms with van der Waals surface area (Å²) in [5, 5.41) is 12.6. The molecule has 1 atom stereocenters. The van der Waals surface area contributed by atoms with E-state index in [1.54, 1.807) is 24.3 Å². The second kappa shape index (κ2) is 8.22. The Morgan fingerprint density at radius 3 is 2.37 bits per heavy atom. The van der Waals surface area contributed by atoms with E-state index in [4.69, 9.17) is 16.7 Å². The Kier molecular flexibility index (Phi) is 5.76. The van der Waals surface area contributed by atoms with Crippen molar-refractivity contribution in [1.29, 1.82) is 0 Å². The molecule has 1 heterocycles. The highest BCUT2D eigenvalue weighted by molar-refractivity contribution is 6.30. The minimum absolute atomic E-state index is 0.00225. The van der Waals surface area contributed by atoms with E-state index in [0.717, 1.165) is 5.56 Å². The van der Waals surface area contributed by atoms with E-state index in [-0.39, 0.29) is 24.8 Å². The molecule has 2 aromatic carbocycles. The maximum atomic E-state index is 12.2. The summed E-state index contributed by atoms with van der Waals surface area (Å²) in [6.45, 7) is 0.647. The zero-order chi connectivity index (χ0) is 19.4. The van der Waals surface area contributed by atoms with E-state index < -0.39 is 11.9 Å². The molecule has 2 N–H and O–H groups in total. The molecule has 1 fully saturated rings. The van der Waals surface area contributed by atoms with Gasteiger partial charge in [-0.2, -0.15) is 0 Å². The molecule has 6 nitrogen and oxygen atoms in total. The van der Waals surface area contributed by atoms with Crippen molar-refractivity contribution in [1.82, 2.24) is 5.32 Å². The van der Waals surface area contributed by atoms with Gasteiger partial charge < -0.3 is 15.3 Å². The van der Waals surface area contributed by atoms with Crippen LogP contribution in [0.3, 0.4) is 0 Å². The zero-order valence-electron chi connectivity index (χ0n) is 14.5. The maximum Gasteiger partial charge on any atom is 0.308 e. The number of hydrogen-bond acceptors (Lipinski definition) is 3. The second-order valence-corrected chi connectivity index (χ2v) is 6.86. The van der Waals surface area contributed by atoms with Crippen LogP contribution >= 0.6 is 11.6 Å². The van der Waals surface area contributed by atoms with Gasteiger partial charge in [-0.05, 0) is 48.4 Å². The molecule has 3 rings (SSSR count). The number of carbonyl (C=O) groups is 3. The first-order chi connectivity index (χ1) is 12.9. The number of nitrogens with one attached hydrogen (secondary N) is 1. The minimum atomic E-state index is -0.970. The number of halogens is 1. The fraction of sp³-hybridized carbons (Fsp3) is 0.250. The summed E-state index contributed by atoms with van der Waals surface area (Å²) in [6, 6.07) is 14.1. The largest absolute Gasteiger partial charge is 0.481 e. The summed E-state index contributed by atoms with van der Waals surface area (Å²) in [5.74, 6) is -2.08. The van der Waals surface area contributed by atoms with Gasteiger partial charge in [0.15, 0.2) is 0 Å². The van der Waals surface area contributed by atoms with Crippen LogP contribution in [0.15, 0.2) is 48.5 Å². The summed E-state index contributed by atoms with van der Waals surface area (Å²) < 4.78 is 0. The van der Waals surface area contributed by atoms with E-state index in [1.165, 1.54) is 4.90 Å². The van der Waals surface area contributed by atoms with Crippen LogP contribution in [0.4, 0.5) is 5.69 Å². The van der Waals surface area contributed by atoms with Crippen LogP contribution in [0.5, 0.6) is 0 Å². The van der Waals surface area contributed by atoms with Gasteiger partial charge >= 0.3 is 5.97 Å². The van der Waals surface area contributed by atoms with E-state index in [9.17, 15) is 14.4 Å². The summed E-state index contributed by atoms with van der Waals surface area (Å²) in [7, 11) is 0. The summed E-state index contributed by atoms with van der Waals surface area (Å²) >= 11 is 5.85. The van der Waals surface area contributed by atoms with Crippen LogP contribution in [-0.4, -0.2) is 36.0 Å². The van der Waals surface area contributed by atoms with Crippen molar-refractivity contribution in [2.24, 2.45) is 5.92 Å². The van der Waals surface area contributed by atoms with Crippen LogP contribution in [-0.2, 0) is 16.0 Å². The average molecular weight is 387 g/mol. The molecule has 140 valence electrons. The number of amides is 2. The maximum absolute atomic E-state index is 12.2. The van der Waals surface area contributed by atoms with Gasteiger partial charge in [-0.25, -0.2) is 0 Å². The number of anilines is 1. The summed E-state index contributed by atoms with van der Waals surface area (Å²) in [4.78, 5) is 36.7. The van der Waals surface area contributed by atoms with Gasteiger partial charge in [0.05, 0.1) is 5.92 Å². The van der Waals surface area contributed by atoms with Crippen molar-refractivity contribution >= 4 is 35.1 Å². The lowest BCUT2D eigenvalue weighted by atomic mass is 10.1. The molecule has 0 saturated carbocycles. The van der Waals surface area contributed by atoms with Crippen LogP contribution in [0, 0.1) is 5.92 Å². The Balaban J connectivity index is 1.55. The predicted molar refractivity (Wildman–Crippen MR) is 102 cm³/mol. The van der Waals surface area contributed by atoms with Crippen molar-refractivity contribution in [2.45, 2.75) is 12.8 Å². The van der Waals surface area contributed by atoms with Crippen LogP contribution in [0.2, 0.25) is 5.02 Å². The van der Waals surface area contributed by atoms with Gasteiger partial charge in [-0.1, -0.05) is 23.7 Å². The molecule has 1 aliphatic heterocycles. The van der Waals surface area contributed by atoms with Gasteiger partial charge in [0, 0.05) is 35.8 Å². The van der Waals surface area contributed by atoms with E-state index in [0.29, 0.717) is 29.2 Å². The van der Waals surface area contributed by atoms with Gasteiger partial charge in [-0.3, -0.25) is 14.4 Å². The Morgan fingerprint density at radius 2 is 1.78 bits per heavy atom. The third-order valence-electron chi connectivity index (χ3n) is 4.53. The normalized spacial score (nSPS) is 16.4. The number of hydrogen-bond donors (Lipinski definition) is 2. The molecule has 27 heavy (non-hydrogen) atoms. The number of aliphatic carboxylic acids is 1. The van der Waals surface area contributed by atoms with Crippen molar-refractivity contribution < 1.29 is 19.5 Å². The van der Waals surface area contributed by atoms with Crippen molar-refractivity contribution in [3.63, 3.8) is 0 Å². The molecular formula is C20H19ClN2O4. The van der Waals surface area contributed by atoms with Crippen LogP contribution < -0.4 is 10.2 Å². The summed E-state index contributed by atoms with van der Waals surface area (Å²) in [6.07, 6.45) is 0.697. The smallest absolute Gasteiger partial charge is 0.308 e. The van der Waals surface area contributed by atoms with Crippen molar-refractivity contribution in [3.05, 3.63) is 64.7 Å². The molecule has 0 aromatic heterocycles. The number of carbonyl (C=O) groups excluding carboxylic acids is 2. The SMILES string of the molecule is O=C(NCCc1ccc(Cl)cc1)c1ccc(N2CC(C(=O)O)CC2=O)cc1. The molecular weight excluding hydrogens is 368 g/mol. The lowest BCUT2D eigenvalue weighted by Gasteiger charge is -2.16. The van der Waals surface area contributed by atoms with E-state index in [1.807, 2.05) is 24.3 Å². The van der Waals surface area contributed by atoms with Crippen LogP contribution in [0.1, 0.15) is 22.3 Å². The summed E-state index contributed by atoms with van der Waals surface area (Å²) in [5.41, 5.74) is 2.16. The first kappa shape index (κ1) is 18.9. The zero-order valence-corrected chi connectivity index (χ0v) is 15.3. The monoisotopic (exact) mass is 386 g/mol. The Labute approximate surface area is 161 Å². The van der Waals surface area contributed by atoms with E-state index in [2.05, 4.69) is 5.32 Å². The third kappa shape index (κ3) is 4.65. The number of benzene rings is 2. The fourth-order valence-electron chi connectivity index (χ4n) is 2.99. The number of carboxylic acids is 1. The van der Waals surface area contributed by atoms with Crippen LogP contribution in [0.25, 0.3) is 0 Å². The van der Waals surface area contributed by atoms with Gasteiger partial charge in [0.2, 0.25) is 5.91 Å². The number of nitrogens with zero attached hydrogens (tertiary/aromatic N) is 1. The fourth-order valence-corrected chi connectivity index (χ4v) is 3.11. The Hall–Kier alpha value is -2.86. The van der Waals surface area contributed by atoms with Gasteiger partial charge in [0.25, 0.3) is 5.91 Å². The highest BCUT2D eigenvalue weighted by atomic mass is 35.5. The van der Waals surface area contributed by atoms with Crippen molar-refractivity contribution in [3.8, 4) is 0 Å². The number of carboxylic acid groups (broad SMARTS) is 1. The second-order valence-electron chi connectivity index (χ2n) is 6.42. The topological polar surface area (TPSA) is 86.7 Å². The molecule has 2 amide bonds. The average Bonchev–Trinajstić information content (AvgIpc) is 3.05.